The molecule has 12 rings (SSSR count). The first-order valence-corrected chi connectivity index (χ1v) is 24.5. The van der Waals surface area contributed by atoms with Crippen LogP contribution in [0.2, 0.25) is 5.02 Å². The lowest BCUT2D eigenvalue weighted by molar-refractivity contribution is -0.137. The predicted molar refractivity (Wildman–Crippen MR) is 245 cm³/mol. The Labute approximate surface area is 383 Å². The fourth-order valence-electron chi connectivity index (χ4n) is 13.4. The zero-order valence-corrected chi connectivity index (χ0v) is 37.7. The van der Waals surface area contributed by atoms with Crippen molar-refractivity contribution in [2.75, 3.05) is 52.4 Å². The SMILES string of the molecule is O=C1CC[C@H](N2Cc3c(ccc4c3OCC43CCN(CC(=O)N4CCC(N5CCC(c6ccc7c(c6)C6(CCCCC6)c6nc(=O)c8c(Cl)cccc8n6-7)CC5)CC4)CC3)C2=O)C(=O)N1. The van der Waals surface area contributed by atoms with E-state index in [1.807, 2.05) is 24.3 Å². The molecule has 1 aromatic heterocycles. The molecule has 13 nitrogen and oxygen atoms in total. The third-order valence-corrected chi connectivity index (χ3v) is 17.3. The molecule has 14 heteroatoms. The molecular formula is C51H56ClN7O6. The number of likely N-dealkylation sites (tertiary alicyclic amines) is 3. The average molecular weight is 899 g/mol. The maximum Gasteiger partial charge on any atom is 0.282 e. The van der Waals surface area contributed by atoms with Gasteiger partial charge in [0.05, 0.1) is 46.7 Å². The largest absolute Gasteiger partial charge is 0.492 e. The second-order valence-corrected chi connectivity index (χ2v) is 20.7. The zero-order chi connectivity index (χ0) is 44.2. The molecule has 1 atom stereocenters. The van der Waals surface area contributed by atoms with Crippen LogP contribution in [0, 0.1) is 0 Å². The van der Waals surface area contributed by atoms with Gasteiger partial charge in [-0.1, -0.05) is 55.1 Å². The van der Waals surface area contributed by atoms with E-state index >= 15 is 0 Å². The Balaban J connectivity index is 0.646. The number of imide groups is 1. The number of piperidine rings is 4. The van der Waals surface area contributed by atoms with Crippen molar-refractivity contribution >= 4 is 46.1 Å². The van der Waals surface area contributed by atoms with Gasteiger partial charge in [0.2, 0.25) is 17.7 Å². The lowest BCUT2D eigenvalue weighted by Crippen LogP contribution is -2.52. The number of amides is 4. The highest BCUT2D eigenvalue weighted by atomic mass is 35.5. The van der Waals surface area contributed by atoms with Crippen molar-refractivity contribution in [2.24, 2.45) is 0 Å². The third-order valence-electron chi connectivity index (χ3n) is 17.0. The van der Waals surface area contributed by atoms with Gasteiger partial charge < -0.3 is 19.4 Å². The third kappa shape index (κ3) is 6.60. The van der Waals surface area contributed by atoms with Crippen LogP contribution in [0.4, 0.5) is 0 Å². The molecule has 8 aliphatic rings. The van der Waals surface area contributed by atoms with Crippen molar-refractivity contribution in [2.45, 2.75) is 119 Å². The Morgan fingerprint density at radius 3 is 2.40 bits per heavy atom. The van der Waals surface area contributed by atoms with Crippen molar-refractivity contribution in [3.05, 3.63) is 97.5 Å². The normalized spacial score (nSPS) is 24.3. The summed E-state index contributed by atoms with van der Waals surface area (Å²) in [6.45, 7) is 6.61. The van der Waals surface area contributed by atoms with E-state index in [0.717, 1.165) is 137 Å². The predicted octanol–water partition coefficient (Wildman–Crippen LogP) is 5.96. The monoisotopic (exact) mass is 897 g/mol. The first kappa shape index (κ1) is 41.3. The molecule has 0 radical (unpaired) electrons. The molecule has 7 aliphatic heterocycles. The number of ether oxygens (including phenoxy) is 1. The summed E-state index contributed by atoms with van der Waals surface area (Å²) in [7, 11) is 0. The summed E-state index contributed by atoms with van der Waals surface area (Å²) in [6, 6.07) is 16.6. The van der Waals surface area contributed by atoms with Gasteiger partial charge in [0.25, 0.3) is 11.5 Å². The molecule has 2 spiro atoms. The summed E-state index contributed by atoms with van der Waals surface area (Å²) in [6.07, 6.45) is 12.0. The topological polar surface area (TPSA) is 137 Å². The van der Waals surface area contributed by atoms with Gasteiger partial charge in [0.15, 0.2) is 0 Å². The number of aromatic nitrogens is 2. The smallest absolute Gasteiger partial charge is 0.282 e. The quantitative estimate of drug-likeness (QED) is 0.241. The van der Waals surface area contributed by atoms with Crippen molar-refractivity contribution in [3.63, 3.8) is 0 Å². The van der Waals surface area contributed by atoms with Crippen LogP contribution in [-0.2, 0) is 31.8 Å². The van der Waals surface area contributed by atoms with Crippen LogP contribution in [-0.4, -0.2) is 117 Å². The van der Waals surface area contributed by atoms with E-state index in [1.165, 1.54) is 17.5 Å². The molecule has 8 heterocycles. The number of hydrogen-bond donors (Lipinski definition) is 1. The number of carbonyl (C=O) groups excluding carboxylic acids is 4. The van der Waals surface area contributed by atoms with Gasteiger partial charge in [0.1, 0.15) is 17.6 Å². The molecule has 338 valence electrons. The minimum absolute atomic E-state index is 0.158. The first-order valence-electron chi connectivity index (χ1n) is 24.2. The maximum absolute atomic E-state index is 13.7. The minimum Gasteiger partial charge on any atom is -0.492 e. The fraction of sp³-hybridized carbons (Fsp3) is 0.529. The number of carbonyl (C=O) groups is 4. The average Bonchev–Trinajstić information content (AvgIpc) is 3.94. The number of nitrogens with one attached hydrogen (secondary N) is 1. The second kappa shape index (κ2) is 15.8. The van der Waals surface area contributed by atoms with E-state index in [1.54, 1.807) is 11.0 Å². The molecule has 4 aromatic rings. The molecule has 4 amide bonds. The molecule has 1 aliphatic carbocycles. The molecule has 3 aromatic carbocycles. The highest BCUT2D eigenvalue weighted by Gasteiger charge is 2.49. The molecule has 0 bridgehead atoms. The van der Waals surface area contributed by atoms with Gasteiger partial charge in [-0.05, 0) is 125 Å². The lowest BCUT2D eigenvalue weighted by atomic mass is 9.69. The van der Waals surface area contributed by atoms with Crippen LogP contribution in [0.1, 0.15) is 128 Å². The summed E-state index contributed by atoms with van der Waals surface area (Å²) in [4.78, 5) is 78.4. The number of nitrogens with zero attached hydrogens (tertiary/aromatic N) is 6. The molecule has 0 unspecified atom stereocenters. The fourth-order valence-corrected chi connectivity index (χ4v) is 13.6. The Hall–Kier alpha value is -5.11. The van der Waals surface area contributed by atoms with Crippen LogP contribution in [0.25, 0.3) is 16.6 Å². The van der Waals surface area contributed by atoms with Crippen molar-refractivity contribution in [1.82, 2.24) is 34.5 Å². The maximum atomic E-state index is 13.7. The van der Waals surface area contributed by atoms with Crippen LogP contribution in [0.3, 0.4) is 0 Å². The Morgan fingerprint density at radius 1 is 0.846 bits per heavy atom. The van der Waals surface area contributed by atoms with E-state index in [2.05, 4.69) is 42.8 Å². The van der Waals surface area contributed by atoms with E-state index < -0.39 is 11.9 Å². The van der Waals surface area contributed by atoms with E-state index in [4.69, 9.17) is 21.3 Å². The summed E-state index contributed by atoms with van der Waals surface area (Å²) in [5, 5.41) is 3.34. The number of fused-ring (bicyclic) bond motifs is 11. The number of rotatable bonds is 5. The van der Waals surface area contributed by atoms with E-state index in [0.29, 0.717) is 54.0 Å². The second-order valence-electron chi connectivity index (χ2n) is 20.3. The van der Waals surface area contributed by atoms with Crippen LogP contribution >= 0.6 is 11.6 Å². The van der Waals surface area contributed by atoms with Gasteiger partial charge >= 0.3 is 0 Å². The summed E-state index contributed by atoms with van der Waals surface area (Å²) < 4.78 is 8.62. The van der Waals surface area contributed by atoms with Gasteiger partial charge in [-0.2, -0.15) is 4.98 Å². The highest BCUT2D eigenvalue weighted by molar-refractivity contribution is 6.35. The molecule has 1 N–H and O–H groups in total. The Bertz CT molecular complexity index is 2720. The zero-order valence-electron chi connectivity index (χ0n) is 36.9. The molecule has 1 saturated carbocycles. The number of halogens is 1. The Kier molecular flexibility index (Phi) is 10.0. The molecule has 65 heavy (non-hydrogen) atoms. The lowest BCUT2D eigenvalue weighted by Gasteiger charge is -2.43. The molecule has 4 saturated heterocycles. The van der Waals surface area contributed by atoms with Crippen molar-refractivity contribution in [3.8, 4) is 11.4 Å². The highest BCUT2D eigenvalue weighted by Crippen LogP contribution is 2.53. The van der Waals surface area contributed by atoms with E-state index in [-0.39, 0.29) is 40.5 Å². The number of hydrogen-bond acceptors (Lipinski definition) is 9. The number of benzene rings is 3. The standard InChI is InChI=1S/C51H56ClN7O6/c52-38-5-4-6-40-44(38)47(63)54-49-51(17-2-1-3-18-51)37-27-32(7-10-39(37)59(40)49)31-13-21-56(22-14-31)33-15-23-57(24-16-33)43(61)29-55-25-19-50(20-26-55)30-65-45-35-28-58(41-11-12-42(60)53-46(41)62)48(64)34(35)8-9-36(45)50/h4-10,27,31,33,41H,1-3,11-26,28-30H2,(H,53,60,62)/t41-/m0/s1. The van der Waals surface area contributed by atoms with Gasteiger partial charge in [0, 0.05) is 47.7 Å². The van der Waals surface area contributed by atoms with Crippen molar-refractivity contribution < 1.29 is 23.9 Å². The van der Waals surface area contributed by atoms with Crippen LogP contribution in [0.15, 0.2) is 53.3 Å². The van der Waals surface area contributed by atoms with Gasteiger partial charge in [-0.15, -0.1) is 0 Å². The summed E-state index contributed by atoms with van der Waals surface area (Å²) in [5.41, 5.74) is 6.66. The van der Waals surface area contributed by atoms with Gasteiger partial charge in [-0.3, -0.25) is 38.8 Å². The minimum atomic E-state index is -0.655. The molecule has 5 fully saturated rings. The molecular weight excluding hydrogens is 842 g/mol. The van der Waals surface area contributed by atoms with E-state index in [9.17, 15) is 24.0 Å². The first-order chi connectivity index (χ1) is 31.6. The summed E-state index contributed by atoms with van der Waals surface area (Å²) >= 11 is 6.59. The van der Waals surface area contributed by atoms with Gasteiger partial charge in [-0.25, -0.2) is 0 Å². The Morgan fingerprint density at radius 2 is 1.63 bits per heavy atom. The van der Waals surface area contributed by atoms with Crippen LogP contribution < -0.4 is 15.6 Å². The summed E-state index contributed by atoms with van der Waals surface area (Å²) in [5.74, 6) is 1.48. The van der Waals surface area contributed by atoms with Crippen molar-refractivity contribution in [1.29, 1.82) is 0 Å². The van der Waals surface area contributed by atoms with Crippen LogP contribution in [0.5, 0.6) is 5.75 Å².